The molecule has 2 aromatic carbocycles. The number of rotatable bonds is 2. The molecule has 0 saturated carbocycles. The van der Waals surface area contributed by atoms with Crippen LogP contribution >= 0.6 is 0 Å². The van der Waals surface area contributed by atoms with Gasteiger partial charge >= 0.3 is 5.97 Å². The molecule has 220 valence electrons. The number of H-pyrrole nitrogens is 2. The molecule has 1 aliphatic rings. The molecule has 0 radical (unpaired) electrons. The van der Waals surface area contributed by atoms with Crippen molar-refractivity contribution in [3.63, 3.8) is 0 Å². The van der Waals surface area contributed by atoms with Gasteiger partial charge in [0.1, 0.15) is 12.1 Å². The highest BCUT2D eigenvalue weighted by Gasteiger charge is 2.29. The van der Waals surface area contributed by atoms with Crippen LogP contribution < -0.4 is 21.3 Å². The fraction of sp³-hybridized carbons (Fsp3) is 0.267. The van der Waals surface area contributed by atoms with E-state index >= 15 is 0 Å². The number of aromatic amines is 2. The molecule has 0 bridgehead atoms. The third-order valence-electron chi connectivity index (χ3n) is 7.18. The summed E-state index contributed by atoms with van der Waals surface area (Å²) in [6.07, 6.45) is 0.333. The number of fused-ring (bicyclic) bond motifs is 7. The number of esters is 1. The molecule has 0 aliphatic carbocycles. The van der Waals surface area contributed by atoms with Gasteiger partial charge in [-0.15, -0.1) is 0 Å². The largest absolute Gasteiger partial charge is 0.467 e. The Morgan fingerprint density at radius 2 is 1.45 bits per heavy atom. The minimum absolute atomic E-state index is 0. The predicted molar refractivity (Wildman–Crippen MR) is 158 cm³/mol. The fourth-order valence-electron chi connectivity index (χ4n) is 5.28. The first kappa shape index (κ1) is 29.9. The van der Waals surface area contributed by atoms with Crippen LogP contribution in [0.4, 0.5) is 0 Å². The molecule has 12 heteroatoms. The van der Waals surface area contributed by atoms with Gasteiger partial charge in [-0.2, -0.15) is 0 Å². The van der Waals surface area contributed by atoms with Crippen LogP contribution in [0, 0.1) is 0 Å². The number of benzene rings is 2. The highest BCUT2D eigenvalue weighted by Crippen LogP contribution is 2.37. The summed E-state index contributed by atoms with van der Waals surface area (Å²) in [4.78, 5) is 58.2. The molecule has 0 saturated heterocycles. The van der Waals surface area contributed by atoms with Crippen molar-refractivity contribution in [2.75, 3.05) is 20.2 Å². The lowest BCUT2D eigenvalue weighted by atomic mass is 9.96. The van der Waals surface area contributed by atoms with Crippen LogP contribution in [0.3, 0.4) is 0 Å². The molecule has 0 unspecified atom stereocenters. The summed E-state index contributed by atoms with van der Waals surface area (Å²) in [5.41, 5.74) is 5.10. The average molecular weight is 575 g/mol. The van der Waals surface area contributed by atoms with Crippen molar-refractivity contribution in [2.45, 2.75) is 31.8 Å². The van der Waals surface area contributed by atoms with Gasteiger partial charge in [0.2, 0.25) is 17.7 Å². The van der Waals surface area contributed by atoms with Gasteiger partial charge in [-0.05, 0) is 23.3 Å². The predicted octanol–water partition coefficient (Wildman–Crippen LogP) is 0.972. The second-order valence-corrected chi connectivity index (χ2v) is 10.0. The summed E-state index contributed by atoms with van der Waals surface area (Å²) in [5, 5.41) is 13.0. The van der Waals surface area contributed by atoms with Crippen molar-refractivity contribution in [3.05, 3.63) is 71.9 Å². The SMILES string of the molecule is C=C1CNC(=O)[C@@H](NC(C)=O)Cc2c([nH]c3ccccc23)-c2[nH]c3ccccc3c2C[C@@H](C(=O)OC)NC(=O)CN1.O. The zero-order chi connectivity index (χ0) is 29.1. The van der Waals surface area contributed by atoms with Gasteiger partial charge in [0, 0.05) is 47.3 Å². The second kappa shape index (κ2) is 12.6. The van der Waals surface area contributed by atoms with E-state index < -0.39 is 29.9 Å². The van der Waals surface area contributed by atoms with Crippen molar-refractivity contribution >= 4 is 45.5 Å². The zero-order valence-corrected chi connectivity index (χ0v) is 23.4. The van der Waals surface area contributed by atoms with E-state index in [0.29, 0.717) is 17.1 Å². The van der Waals surface area contributed by atoms with Gasteiger partial charge < -0.3 is 41.4 Å². The Labute approximate surface area is 241 Å². The third kappa shape index (κ3) is 6.13. The molecule has 2 aromatic heterocycles. The van der Waals surface area contributed by atoms with Crippen LogP contribution in [-0.4, -0.2) is 71.4 Å². The summed E-state index contributed by atoms with van der Waals surface area (Å²) < 4.78 is 5.05. The summed E-state index contributed by atoms with van der Waals surface area (Å²) in [6, 6.07) is 13.6. The number of para-hydroxylation sites is 2. The minimum Gasteiger partial charge on any atom is -0.467 e. The number of aromatic nitrogens is 2. The molecule has 2 atom stereocenters. The maximum absolute atomic E-state index is 13.3. The van der Waals surface area contributed by atoms with E-state index in [4.69, 9.17) is 4.74 Å². The van der Waals surface area contributed by atoms with Crippen molar-refractivity contribution in [1.29, 1.82) is 0 Å². The maximum atomic E-state index is 13.3. The van der Waals surface area contributed by atoms with Crippen LogP contribution in [0.2, 0.25) is 0 Å². The highest BCUT2D eigenvalue weighted by atomic mass is 16.5. The third-order valence-corrected chi connectivity index (χ3v) is 7.18. The van der Waals surface area contributed by atoms with E-state index in [0.717, 1.165) is 32.9 Å². The summed E-state index contributed by atoms with van der Waals surface area (Å²) in [7, 11) is 1.28. The first-order valence-electron chi connectivity index (χ1n) is 13.3. The Kier molecular flexibility index (Phi) is 8.96. The first-order chi connectivity index (χ1) is 19.7. The molecule has 1 aliphatic heterocycles. The summed E-state index contributed by atoms with van der Waals surface area (Å²) in [6.45, 7) is 5.11. The number of ether oxygens (including phenoxy) is 1. The quantitative estimate of drug-likeness (QED) is 0.193. The number of methoxy groups -OCH3 is 1. The molecule has 8 N–H and O–H groups in total. The number of carbonyl (C=O) groups excluding carboxylic acids is 4. The van der Waals surface area contributed by atoms with Gasteiger partial charge in [0.25, 0.3) is 0 Å². The summed E-state index contributed by atoms with van der Waals surface area (Å²) in [5.74, 6) is -1.76. The van der Waals surface area contributed by atoms with Crippen LogP contribution in [0.5, 0.6) is 0 Å². The molecule has 3 amide bonds. The lowest BCUT2D eigenvalue weighted by molar-refractivity contribution is -0.144. The molecule has 0 spiro atoms. The standard InChI is InChI=1S/C30H32N6O5.H2O/c1-16-14-32-29(39)24(33-17(2)37)12-20-18-8-4-6-10-22(18)35-27(20)28-21(19-9-5-7-11-23(19)36-28)13-25(30(40)41-3)34-26(38)15-31-16;/h4-11,24-25,31,35-36H,1,12-15H2,2-3H3,(H,32,39)(H,33,37)(H,34,38);1H2/t24-,25-;/m0./s1. The molecule has 42 heavy (non-hydrogen) atoms. The van der Waals surface area contributed by atoms with Gasteiger partial charge in [-0.25, -0.2) is 4.79 Å². The van der Waals surface area contributed by atoms with Crippen LogP contribution in [0.1, 0.15) is 18.1 Å². The molecule has 5 rings (SSSR count). The number of hydrogen-bond acceptors (Lipinski definition) is 6. The van der Waals surface area contributed by atoms with Crippen LogP contribution in [0.25, 0.3) is 33.2 Å². The number of amides is 3. The Hall–Kier alpha value is -5.10. The molecule has 0 fully saturated rings. The van der Waals surface area contributed by atoms with Crippen LogP contribution in [-0.2, 0) is 36.8 Å². The zero-order valence-electron chi connectivity index (χ0n) is 23.4. The normalized spacial score (nSPS) is 18.1. The van der Waals surface area contributed by atoms with E-state index in [1.807, 2.05) is 48.5 Å². The maximum Gasteiger partial charge on any atom is 0.328 e. The minimum atomic E-state index is -0.965. The Morgan fingerprint density at radius 1 is 0.881 bits per heavy atom. The Balaban J connectivity index is 0.00000405. The monoisotopic (exact) mass is 574 g/mol. The lowest BCUT2D eigenvalue weighted by Gasteiger charge is -2.21. The fourth-order valence-corrected chi connectivity index (χ4v) is 5.28. The molecular weight excluding hydrogens is 540 g/mol. The number of hydrogen-bond donors (Lipinski definition) is 6. The van der Waals surface area contributed by atoms with E-state index in [9.17, 15) is 19.2 Å². The average Bonchev–Trinajstić information content (AvgIpc) is 3.51. The van der Waals surface area contributed by atoms with E-state index in [1.165, 1.54) is 14.0 Å². The Morgan fingerprint density at radius 3 is 2.02 bits per heavy atom. The number of carbonyl (C=O) groups is 4. The van der Waals surface area contributed by atoms with Gasteiger partial charge in [-0.3, -0.25) is 14.4 Å². The van der Waals surface area contributed by atoms with Crippen LogP contribution in [0.15, 0.2) is 60.8 Å². The number of nitrogens with one attached hydrogen (secondary N) is 6. The van der Waals surface area contributed by atoms with E-state index in [1.54, 1.807) is 0 Å². The van der Waals surface area contributed by atoms with Crippen molar-refractivity contribution in [2.24, 2.45) is 0 Å². The lowest BCUT2D eigenvalue weighted by Crippen LogP contribution is -2.49. The van der Waals surface area contributed by atoms with Gasteiger partial charge in [-0.1, -0.05) is 43.0 Å². The molecule has 3 heterocycles. The smallest absolute Gasteiger partial charge is 0.328 e. The van der Waals surface area contributed by atoms with Gasteiger partial charge in [0.05, 0.1) is 31.6 Å². The summed E-state index contributed by atoms with van der Waals surface area (Å²) >= 11 is 0. The molecular formula is C30H34N6O6. The molecule has 12 nitrogen and oxygen atoms in total. The first-order valence-corrected chi connectivity index (χ1v) is 13.3. The highest BCUT2D eigenvalue weighted by molar-refractivity contribution is 5.98. The van der Waals surface area contributed by atoms with Crippen molar-refractivity contribution < 1.29 is 29.4 Å². The molecule has 4 aromatic rings. The van der Waals surface area contributed by atoms with Crippen molar-refractivity contribution in [3.8, 4) is 11.4 Å². The van der Waals surface area contributed by atoms with E-state index in [2.05, 4.69) is 37.8 Å². The Bertz CT molecular complexity index is 1670. The van der Waals surface area contributed by atoms with E-state index in [-0.39, 0.29) is 37.3 Å². The second-order valence-electron chi connectivity index (χ2n) is 10.0. The topological polar surface area (TPSA) is 189 Å². The van der Waals surface area contributed by atoms with Crippen molar-refractivity contribution in [1.82, 2.24) is 31.2 Å². The van der Waals surface area contributed by atoms with Gasteiger partial charge in [0.15, 0.2) is 0 Å².